The Bertz CT molecular complexity index is 841. The third-order valence-electron chi connectivity index (χ3n) is 4.39. The molecule has 0 aliphatic carbocycles. The van der Waals surface area contributed by atoms with Crippen molar-refractivity contribution in [1.82, 2.24) is 14.9 Å². The van der Waals surface area contributed by atoms with Gasteiger partial charge in [-0.1, -0.05) is 12.1 Å². The zero-order valence-electron chi connectivity index (χ0n) is 14.0. The molecule has 1 fully saturated rings. The SMILES string of the molecule is Cl.Cl.NCc1nc(C(=O)N2CCC(c3nc4ccccc4s3)CC2)cs1. The molecule has 3 aromatic rings. The number of fused-ring (bicyclic) bond motifs is 1. The zero-order valence-corrected chi connectivity index (χ0v) is 17.2. The highest BCUT2D eigenvalue weighted by atomic mass is 35.5. The molecule has 26 heavy (non-hydrogen) atoms. The van der Waals surface area contributed by atoms with Gasteiger partial charge in [0.15, 0.2) is 0 Å². The van der Waals surface area contributed by atoms with Crippen molar-refractivity contribution in [2.24, 2.45) is 5.73 Å². The topological polar surface area (TPSA) is 72.1 Å². The van der Waals surface area contributed by atoms with E-state index in [4.69, 9.17) is 10.7 Å². The molecule has 140 valence electrons. The maximum absolute atomic E-state index is 12.5. The van der Waals surface area contributed by atoms with Crippen molar-refractivity contribution in [3.8, 4) is 0 Å². The van der Waals surface area contributed by atoms with Crippen LogP contribution in [-0.4, -0.2) is 33.9 Å². The summed E-state index contributed by atoms with van der Waals surface area (Å²) in [4.78, 5) is 23.5. The second-order valence-corrected chi connectivity index (χ2v) is 7.92. The van der Waals surface area contributed by atoms with Gasteiger partial charge in [0.05, 0.1) is 15.2 Å². The van der Waals surface area contributed by atoms with Gasteiger partial charge in [-0.25, -0.2) is 9.97 Å². The quantitative estimate of drug-likeness (QED) is 0.679. The molecule has 3 heterocycles. The van der Waals surface area contributed by atoms with Gasteiger partial charge in [0, 0.05) is 30.9 Å². The van der Waals surface area contributed by atoms with Crippen molar-refractivity contribution in [1.29, 1.82) is 0 Å². The molecule has 2 N–H and O–H groups in total. The predicted molar refractivity (Wildman–Crippen MR) is 112 cm³/mol. The number of thiazole rings is 2. The number of carbonyl (C=O) groups excluding carboxylic acids is 1. The average Bonchev–Trinajstić information content (AvgIpc) is 3.28. The van der Waals surface area contributed by atoms with Crippen LogP contribution in [0.1, 0.15) is 39.3 Å². The Hall–Kier alpha value is -1.25. The third kappa shape index (κ3) is 4.18. The van der Waals surface area contributed by atoms with E-state index in [0.717, 1.165) is 36.5 Å². The van der Waals surface area contributed by atoms with Crippen molar-refractivity contribution in [2.45, 2.75) is 25.3 Å². The molecule has 0 spiro atoms. The van der Waals surface area contributed by atoms with Gasteiger partial charge in [-0.3, -0.25) is 4.79 Å². The summed E-state index contributed by atoms with van der Waals surface area (Å²) < 4.78 is 1.24. The fourth-order valence-electron chi connectivity index (χ4n) is 3.06. The molecular weight excluding hydrogens is 411 g/mol. The molecule has 1 aliphatic heterocycles. The highest BCUT2D eigenvalue weighted by Gasteiger charge is 2.27. The van der Waals surface area contributed by atoms with E-state index in [1.165, 1.54) is 21.0 Å². The average molecular weight is 431 g/mol. The summed E-state index contributed by atoms with van der Waals surface area (Å²) in [6.07, 6.45) is 1.92. The van der Waals surface area contributed by atoms with Crippen LogP contribution in [0.15, 0.2) is 29.6 Å². The summed E-state index contributed by atoms with van der Waals surface area (Å²) >= 11 is 3.23. The van der Waals surface area contributed by atoms with Crippen LogP contribution in [0.5, 0.6) is 0 Å². The molecule has 1 saturated heterocycles. The number of carbonyl (C=O) groups is 1. The van der Waals surface area contributed by atoms with Gasteiger partial charge in [0.25, 0.3) is 5.91 Å². The molecule has 0 radical (unpaired) electrons. The summed E-state index contributed by atoms with van der Waals surface area (Å²) in [6, 6.07) is 8.25. The molecule has 1 amide bonds. The Morgan fingerprint density at radius 2 is 1.92 bits per heavy atom. The van der Waals surface area contributed by atoms with E-state index in [-0.39, 0.29) is 30.7 Å². The molecule has 0 saturated carbocycles. The number of hydrogen-bond acceptors (Lipinski definition) is 6. The van der Waals surface area contributed by atoms with Gasteiger partial charge in [0.1, 0.15) is 10.7 Å². The molecule has 1 aromatic carbocycles. The lowest BCUT2D eigenvalue weighted by Gasteiger charge is -2.30. The fraction of sp³-hybridized carbons (Fsp3) is 0.353. The number of benzene rings is 1. The highest BCUT2D eigenvalue weighted by Crippen LogP contribution is 2.34. The van der Waals surface area contributed by atoms with E-state index >= 15 is 0 Å². The van der Waals surface area contributed by atoms with Crippen LogP contribution in [0.3, 0.4) is 0 Å². The van der Waals surface area contributed by atoms with Crippen LogP contribution in [-0.2, 0) is 6.54 Å². The predicted octanol–water partition coefficient (Wildman–Crippen LogP) is 4.07. The first-order chi connectivity index (χ1) is 11.7. The van der Waals surface area contributed by atoms with Crippen molar-refractivity contribution >= 4 is 63.6 Å². The van der Waals surface area contributed by atoms with Crippen LogP contribution in [0.2, 0.25) is 0 Å². The van der Waals surface area contributed by atoms with E-state index in [0.29, 0.717) is 18.2 Å². The van der Waals surface area contributed by atoms with E-state index in [9.17, 15) is 4.79 Å². The van der Waals surface area contributed by atoms with Crippen LogP contribution >= 0.6 is 47.5 Å². The van der Waals surface area contributed by atoms with Gasteiger partial charge < -0.3 is 10.6 Å². The normalized spacial score (nSPS) is 14.7. The molecule has 0 unspecified atom stereocenters. The minimum atomic E-state index is 0. The molecule has 2 aromatic heterocycles. The van der Waals surface area contributed by atoms with Crippen molar-refractivity contribution < 1.29 is 4.79 Å². The molecule has 0 bridgehead atoms. The first-order valence-corrected chi connectivity index (χ1v) is 9.73. The maximum atomic E-state index is 12.5. The molecule has 0 atom stereocenters. The first-order valence-electron chi connectivity index (χ1n) is 8.04. The van der Waals surface area contributed by atoms with Gasteiger partial charge in [-0.05, 0) is 25.0 Å². The Labute approximate surface area is 172 Å². The number of nitrogens with two attached hydrogens (primary N) is 1. The van der Waals surface area contributed by atoms with E-state index < -0.39 is 0 Å². The minimum absolute atomic E-state index is 0. The van der Waals surface area contributed by atoms with Crippen LogP contribution < -0.4 is 5.73 Å². The number of halogens is 2. The number of likely N-dealkylation sites (tertiary alicyclic amines) is 1. The van der Waals surface area contributed by atoms with Gasteiger partial charge in [-0.2, -0.15) is 0 Å². The number of piperidine rings is 1. The third-order valence-corrected chi connectivity index (χ3v) is 6.46. The zero-order chi connectivity index (χ0) is 16.5. The first kappa shape index (κ1) is 21.1. The lowest BCUT2D eigenvalue weighted by Crippen LogP contribution is -2.38. The van der Waals surface area contributed by atoms with Crippen LogP contribution in [0.25, 0.3) is 10.2 Å². The van der Waals surface area contributed by atoms with Gasteiger partial charge >= 0.3 is 0 Å². The number of nitrogens with zero attached hydrogens (tertiary/aromatic N) is 3. The number of para-hydroxylation sites is 1. The minimum Gasteiger partial charge on any atom is -0.337 e. The largest absolute Gasteiger partial charge is 0.337 e. The van der Waals surface area contributed by atoms with Gasteiger partial charge in [0.2, 0.25) is 0 Å². The number of hydrogen-bond donors (Lipinski definition) is 1. The van der Waals surface area contributed by atoms with Crippen molar-refractivity contribution in [3.05, 3.63) is 45.4 Å². The Kier molecular flexibility index (Phi) is 7.37. The second-order valence-electron chi connectivity index (χ2n) is 5.92. The standard InChI is InChI=1S/C17H18N4OS2.2ClH/c18-9-15-19-13(10-23-15)17(22)21-7-5-11(6-8-21)16-20-12-3-1-2-4-14(12)24-16;;/h1-4,10-11H,5-9,18H2;2*1H. The Morgan fingerprint density at radius 1 is 1.19 bits per heavy atom. The summed E-state index contributed by atoms with van der Waals surface area (Å²) in [6.45, 7) is 1.90. The summed E-state index contributed by atoms with van der Waals surface area (Å²) in [5.74, 6) is 0.468. The van der Waals surface area contributed by atoms with E-state index in [2.05, 4.69) is 23.2 Å². The van der Waals surface area contributed by atoms with Gasteiger partial charge in [-0.15, -0.1) is 47.5 Å². The monoisotopic (exact) mass is 430 g/mol. The Balaban J connectivity index is 0.00000121. The van der Waals surface area contributed by atoms with Crippen LogP contribution in [0, 0.1) is 0 Å². The van der Waals surface area contributed by atoms with Crippen LogP contribution in [0.4, 0.5) is 0 Å². The molecule has 1 aliphatic rings. The van der Waals surface area contributed by atoms with Crippen molar-refractivity contribution in [2.75, 3.05) is 13.1 Å². The summed E-state index contributed by atoms with van der Waals surface area (Å²) in [7, 11) is 0. The summed E-state index contributed by atoms with van der Waals surface area (Å²) in [5.41, 5.74) is 7.18. The van der Waals surface area contributed by atoms with E-state index in [1.807, 2.05) is 16.3 Å². The van der Waals surface area contributed by atoms with Crippen molar-refractivity contribution in [3.63, 3.8) is 0 Å². The number of rotatable bonds is 3. The molecular formula is C17H20Cl2N4OS2. The maximum Gasteiger partial charge on any atom is 0.273 e. The number of amides is 1. The molecule has 9 heteroatoms. The highest BCUT2D eigenvalue weighted by molar-refractivity contribution is 7.18. The smallest absolute Gasteiger partial charge is 0.273 e. The lowest BCUT2D eigenvalue weighted by molar-refractivity contribution is 0.0707. The second kappa shape index (κ2) is 9.10. The van der Waals surface area contributed by atoms with E-state index in [1.54, 1.807) is 11.3 Å². The summed E-state index contributed by atoms with van der Waals surface area (Å²) in [5, 5.41) is 3.81. The molecule has 4 rings (SSSR count). The molecule has 5 nitrogen and oxygen atoms in total. The fourth-order valence-corrected chi connectivity index (χ4v) is 4.84. The number of aromatic nitrogens is 2. The lowest BCUT2D eigenvalue weighted by atomic mass is 9.97. The Morgan fingerprint density at radius 3 is 2.58 bits per heavy atom.